The average Bonchev–Trinajstić information content (AvgIpc) is 2.53. The minimum atomic E-state index is -1.49. The van der Waals surface area contributed by atoms with Crippen molar-refractivity contribution in [1.82, 2.24) is 16.0 Å². The average molecular weight is 394 g/mol. The van der Waals surface area contributed by atoms with Crippen LogP contribution in [0.5, 0.6) is 0 Å². The first-order chi connectivity index (χ1) is 12.0. The number of aliphatic carboxylic acids is 2. The summed E-state index contributed by atoms with van der Waals surface area (Å²) in [6.07, 6.45) is -2.05. The van der Waals surface area contributed by atoms with Gasteiger partial charge in [-0.3, -0.25) is 19.2 Å². The molecule has 0 fully saturated rings. The Balaban J connectivity index is 4.69. The molecule has 12 nitrogen and oxygen atoms in total. The third kappa shape index (κ3) is 8.64. The number of nitrogens with one attached hydrogen (secondary N) is 3. The maximum absolute atomic E-state index is 12.0. The molecule has 0 aliphatic rings. The van der Waals surface area contributed by atoms with Gasteiger partial charge in [-0.05, 0) is 6.92 Å². The van der Waals surface area contributed by atoms with Crippen molar-refractivity contribution in [3.8, 4) is 0 Å². The van der Waals surface area contributed by atoms with Crippen LogP contribution >= 0.6 is 12.6 Å². The standard InChI is InChI=1S/C13H22N4O8S/c1-5(18)10(17-11(22)6(14)2-9(20)21)12(23)15-3-8(19)16-7(4-26)13(24)25/h5-7,10,18,26H,2-4,14H2,1H3,(H,15,23)(H,16,19)(H,17,22)(H,20,21)(H,24,25). The number of amides is 3. The van der Waals surface area contributed by atoms with Crippen LogP contribution in [0.15, 0.2) is 0 Å². The van der Waals surface area contributed by atoms with E-state index in [2.05, 4.69) is 28.6 Å². The number of nitrogens with two attached hydrogens (primary N) is 1. The maximum Gasteiger partial charge on any atom is 0.327 e. The van der Waals surface area contributed by atoms with Gasteiger partial charge in [0.2, 0.25) is 17.7 Å². The van der Waals surface area contributed by atoms with Crippen LogP contribution in [0.4, 0.5) is 0 Å². The molecule has 0 aliphatic heterocycles. The maximum atomic E-state index is 12.0. The van der Waals surface area contributed by atoms with E-state index in [0.29, 0.717) is 0 Å². The highest BCUT2D eigenvalue weighted by Gasteiger charge is 2.29. The fourth-order valence-corrected chi connectivity index (χ4v) is 1.90. The van der Waals surface area contributed by atoms with Gasteiger partial charge in [0.05, 0.1) is 25.1 Å². The van der Waals surface area contributed by atoms with Gasteiger partial charge < -0.3 is 37.0 Å². The molecule has 0 spiro atoms. The van der Waals surface area contributed by atoms with Crippen LogP contribution < -0.4 is 21.7 Å². The van der Waals surface area contributed by atoms with E-state index in [1.807, 2.05) is 0 Å². The second-order valence-electron chi connectivity index (χ2n) is 5.29. The molecule has 0 aromatic heterocycles. The highest BCUT2D eigenvalue weighted by atomic mass is 32.1. The van der Waals surface area contributed by atoms with Gasteiger partial charge in [-0.25, -0.2) is 4.79 Å². The first kappa shape index (κ1) is 23.6. The molecule has 0 saturated heterocycles. The first-order valence-corrected chi connectivity index (χ1v) is 7.99. The van der Waals surface area contributed by atoms with Gasteiger partial charge in [0.25, 0.3) is 0 Å². The molecule has 0 radical (unpaired) electrons. The van der Waals surface area contributed by atoms with Crippen molar-refractivity contribution in [2.45, 2.75) is 37.6 Å². The zero-order valence-corrected chi connectivity index (χ0v) is 14.7. The van der Waals surface area contributed by atoms with Crippen LogP contribution in [0.3, 0.4) is 0 Å². The molecule has 26 heavy (non-hydrogen) atoms. The number of aliphatic hydroxyl groups is 1. The number of hydrogen-bond acceptors (Lipinski definition) is 8. The second-order valence-corrected chi connectivity index (χ2v) is 5.66. The molecule has 0 aromatic carbocycles. The Morgan fingerprint density at radius 3 is 2.08 bits per heavy atom. The summed E-state index contributed by atoms with van der Waals surface area (Å²) in [6, 6.07) is -4.17. The van der Waals surface area contributed by atoms with E-state index in [9.17, 15) is 29.1 Å². The van der Waals surface area contributed by atoms with E-state index in [-0.39, 0.29) is 5.75 Å². The molecule has 148 valence electrons. The van der Waals surface area contributed by atoms with E-state index in [1.165, 1.54) is 6.92 Å². The molecule has 8 N–H and O–H groups in total. The molecular weight excluding hydrogens is 372 g/mol. The van der Waals surface area contributed by atoms with Crippen LogP contribution in [-0.4, -0.2) is 81.5 Å². The molecular formula is C13H22N4O8S. The third-order valence-electron chi connectivity index (χ3n) is 3.03. The first-order valence-electron chi connectivity index (χ1n) is 7.36. The van der Waals surface area contributed by atoms with Gasteiger partial charge in [0, 0.05) is 5.75 Å². The minimum Gasteiger partial charge on any atom is -0.481 e. The van der Waals surface area contributed by atoms with Crippen molar-refractivity contribution >= 4 is 42.3 Å². The summed E-state index contributed by atoms with van der Waals surface area (Å²) in [6.45, 7) is 0.575. The number of aliphatic hydroxyl groups excluding tert-OH is 1. The van der Waals surface area contributed by atoms with Crippen LogP contribution in [0.2, 0.25) is 0 Å². The molecule has 0 rings (SSSR count). The van der Waals surface area contributed by atoms with E-state index in [4.69, 9.17) is 15.9 Å². The highest BCUT2D eigenvalue weighted by molar-refractivity contribution is 7.80. The number of carboxylic acids is 2. The van der Waals surface area contributed by atoms with E-state index in [1.54, 1.807) is 0 Å². The topological polar surface area (TPSA) is 208 Å². The summed E-state index contributed by atoms with van der Waals surface area (Å²) >= 11 is 3.76. The predicted octanol–water partition coefficient (Wildman–Crippen LogP) is -3.73. The molecule has 0 heterocycles. The van der Waals surface area contributed by atoms with Crippen LogP contribution in [0.25, 0.3) is 0 Å². The Kier molecular flexibility index (Phi) is 10.2. The molecule has 0 aliphatic carbocycles. The molecule has 0 saturated carbocycles. The van der Waals surface area contributed by atoms with Crippen molar-refractivity contribution in [3.63, 3.8) is 0 Å². The monoisotopic (exact) mass is 394 g/mol. The SMILES string of the molecule is CC(O)C(NC(=O)C(N)CC(=O)O)C(=O)NCC(=O)NC(CS)C(=O)O. The molecule has 0 aromatic rings. The summed E-state index contributed by atoms with van der Waals surface area (Å²) in [4.78, 5) is 56.7. The highest BCUT2D eigenvalue weighted by Crippen LogP contribution is 1.97. The summed E-state index contributed by atoms with van der Waals surface area (Å²) in [7, 11) is 0. The van der Waals surface area contributed by atoms with Crippen molar-refractivity contribution in [2.24, 2.45) is 5.73 Å². The minimum absolute atomic E-state index is 0.164. The summed E-state index contributed by atoms with van der Waals surface area (Å²) in [5.74, 6) is -5.52. The fraction of sp³-hybridized carbons (Fsp3) is 0.615. The largest absolute Gasteiger partial charge is 0.481 e. The second kappa shape index (κ2) is 11.3. The fourth-order valence-electron chi connectivity index (χ4n) is 1.65. The molecule has 3 amide bonds. The van der Waals surface area contributed by atoms with Gasteiger partial charge >= 0.3 is 11.9 Å². The van der Waals surface area contributed by atoms with Gasteiger partial charge in [0.1, 0.15) is 12.1 Å². The lowest BCUT2D eigenvalue weighted by atomic mass is 10.1. The zero-order chi connectivity index (χ0) is 20.4. The Morgan fingerprint density at radius 1 is 1.08 bits per heavy atom. The van der Waals surface area contributed by atoms with Gasteiger partial charge in [0.15, 0.2) is 0 Å². The Hall–Kier alpha value is -2.38. The van der Waals surface area contributed by atoms with E-state index >= 15 is 0 Å². The Morgan fingerprint density at radius 2 is 1.65 bits per heavy atom. The molecule has 13 heteroatoms. The number of carbonyl (C=O) groups excluding carboxylic acids is 3. The van der Waals surface area contributed by atoms with Crippen LogP contribution in [0, 0.1) is 0 Å². The number of hydrogen-bond donors (Lipinski definition) is 8. The summed E-state index contributed by atoms with van der Waals surface area (Å²) in [5.41, 5.74) is 5.35. The molecule has 4 atom stereocenters. The smallest absolute Gasteiger partial charge is 0.327 e. The number of carbonyl (C=O) groups is 5. The number of carboxylic acid groups (broad SMARTS) is 2. The van der Waals surface area contributed by atoms with Crippen molar-refractivity contribution in [2.75, 3.05) is 12.3 Å². The van der Waals surface area contributed by atoms with Gasteiger partial charge in [-0.15, -0.1) is 0 Å². The summed E-state index contributed by atoms with van der Waals surface area (Å²) < 4.78 is 0. The normalized spacial score (nSPS) is 15.1. The lowest BCUT2D eigenvalue weighted by Crippen LogP contribution is -2.57. The van der Waals surface area contributed by atoms with Crippen LogP contribution in [-0.2, 0) is 24.0 Å². The lowest BCUT2D eigenvalue weighted by Gasteiger charge is -2.22. The van der Waals surface area contributed by atoms with Crippen molar-refractivity contribution in [1.29, 1.82) is 0 Å². The van der Waals surface area contributed by atoms with Gasteiger partial charge in [-0.2, -0.15) is 12.6 Å². The number of thiol groups is 1. The predicted molar refractivity (Wildman–Crippen MR) is 90.3 cm³/mol. The van der Waals surface area contributed by atoms with Gasteiger partial charge in [-0.1, -0.05) is 0 Å². The number of rotatable bonds is 11. The van der Waals surface area contributed by atoms with E-state index < -0.39 is 66.9 Å². The Labute approximate surface area is 153 Å². The molecule has 4 unspecified atom stereocenters. The molecule has 0 bridgehead atoms. The summed E-state index contributed by atoms with van der Waals surface area (Å²) in [5, 5.41) is 33.3. The zero-order valence-electron chi connectivity index (χ0n) is 13.8. The Bertz CT molecular complexity index is 556. The quantitative estimate of drug-likeness (QED) is 0.162. The van der Waals surface area contributed by atoms with Crippen molar-refractivity contribution in [3.05, 3.63) is 0 Å². The van der Waals surface area contributed by atoms with Crippen LogP contribution in [0.1, 0.15) is 13.3 Å². The lowest BCUT2D eigenvalue weighted by molar-refractivity contribution is -0.141. The van der Waals surface area contributed by atoms with E-state index in [0.717, 1.165) is 0 Å². The third-order valence-corrected chi connectivity index (χ3v) is 3.40. The van der Waals surface area contributed by atoms with Crippen molar-refractivity contribution < 1.29 is 39.3 Å².